The molecule has 1 aromatic rings. The molecule has 1 unspecified atom stereocenters. The van der Waals surface area contributed by atoms with E-state index in [0.717, 1.165) is 31.5 Å². The van der Waals surface area contributed by atoms with Crippen LogP contribution in [0.15, 0.2) is 24.3 Å². The Balaban J connectivity index is 1.76. The largest absolute Gasteiger partial charge is 0.368 e. The Bertz CT molecular complexity index is 447. The number of nitrogens with one attached hydrogen (secondary N) is 2. The second kappa shape index (κ2) is 7.62. The van der Waals surface area contributed by atoms with Crippen molar-refractivity contribution in [3.8, 4) is 0 Å². The molecule has 5 heteroatoms. The van der Waals surface area contributed by atoms with E-state index < -0.39 is 0 Å². The summed E-state index contributed by atoms with van der Waals surface area (Å²) in [7, 11) is 0. The van der Waals surface area contributed by atoms with Crippen LogP contribution in [0, 0.1) is 0 Å². The van der Waals surface area contributed by atoms with Crippen molar-refractivity contribution in [2.75, 3.05) is 19.7 Å². The molecule has 4 nitrogen and oxygen atoms in total. The Morgan fingerprint density at radius 3 is 2.95 bits per heavy atom. The van der Waals surface area contributed by atoms with Crippen LogP contribution in [0.2, 0.25) is 5.02 Å². The third-order valence-electron chi connectivity index (χ3n) is 3.46. The summed E-state index contributed by atoms with van der Waals surface area (Å²) in [6.45, 7) is 3.99. The molecule has 1 aliphatic heterocycles. The smallest absolute Gasteiger partial charge is 0.246 e. The highest BCUT2D eigenvalue weighted by atomic mass is 35.5. The second-order valence-corrected chi connectivity index (χ2v) is 5.54. The molecule has 0 saturated carbocycles. The molecule has 1 fully saturated rings. The van der Waals surface area contributed by atoms with Crippen LogP contribution in [0.1, 0.15) is 31.4 Å². The van der Waals surface area contributed by atoms with Gasteiger partial charge in [-0.15, -0.1) is 0 Å². The second-order valence-electron chi connectivity index (χ2n) is 5.10. The lowest BCUT2D eigenvalue weighted by molar-refractivity contribution is -0.128. The Morgan fingerprint density at radius 1 is 1.50 bits per heavy atom. The number of amides is 1. The molecule has 0 aromatic heterocycles. The number of rotatable bonds is 5. The lowest BCUT2D eigenvalue weighted by atomic mass is 10.1. The van der Waals surface area contributed by atoms with Crippen LogP contribution >= 0.6 is 11.6 Å². The first-order valence-corrected chi connectivity index (χ1v) is 7.40. The van der Waals surface area contributed by atoms with Gasteiger partial charge in [0, 0.05) is 5.02 Å². The minimum atomic E-state index is -0.0870. The molecule has 20 heavy (non-hydrogen) atoms. The van der Waals surface area contributed by atoms with Gasteiger partial charge in [0.05, 0.1) is 12.1 Å². The Morgan fingerprint density at radius 2 is 2.25 bits per heavy atom. The van der Waals surface area contributed by atoms with Crippen LogP contribution in [-0.4, -0.2) is 31.7 Å². The van der Waals surface area contributed by atoms with E-state index in [-0.39, 0.29) is 24.7 Å². The quantitative estimate of drug-likeness (QED) is 0.876. The first-order chi connectivity index (χ1) is 9.65. The summed E-state index contributed by atoms with van der Waals surface area (Å²) in [5, 5.41) is 6.87. The standard InChI is InChI=1S/C15H21ClN2O2/c1-11(12-3-2-4-13(16)9-12)18-15(19)10-20-14-5-7-17-8-6-14/h2-4,9,11,14,17H,5-8,10H2,1H3,(H,18,19). The van der Waals surface area contributed by atoms with Crippen molar-refractivity contribution >= 4 is 17.5 Å². The lowest BCUT2D eigenvalue weighted by Crippen LogP contribution is -2.36. The molecule has 1 aliphatic rings. The molecule has 1 heterocycles. The van der Waals surface area contributed by atoms with Crippen molar-refractivity contribution in [1.29, 1.82) is 0 Å². The molecule has 1 atom stereocenters. The van der Waals surface area contributed by atoms with Crippen molar-refractivity contribution in [2.45, 2.75) is 31.9 Å². The van der Waals surface area contributed by atoms with E-state index in [2.05, 4.69) is 10.6 Å². The van der Waals surface area contributed by atoms with Crippen LogP contribution in [0.4, 0.5) is 0 Å². The van der Waals surface area contributed by atoms with Crippen molar-refractivity contribution in [1.82, 2.24) is 10.6 Å². The van der Waals surface area contributed by atoms with Crippen LogP contribution < -0.4 is 10.6 Å². The zero-order chi connectivity index (χ0) is 14.4. The highest BCUT2D eigenvalue weighted by Gasteiger charge is 2.16. The van der Waals surface area contributed by atoms with E-state index in [0.29, 0.717) is 5.02 Å². The molecule has 0 spiro atoms. The van der Waals surface area contributed by atoms with E-state index in [4.69, 9.17) is 16.3 Å². The third-order valence-corrected chi connectivity index (χ3v) is 3.70. The summed E-state index contributed by atoms with van der Waals surface area (Å²) in [6.07, 6.45) is 2.14. The first-order valence-electron chi connectivity index (χ1n) is 7.02. The number of hydrogen-bond donors (Lipinski definition) is 2. The van der Waals surface area contributed by atoms with E-state index in [9.17, 15) is 4.79 Å². The number of carbonyl (C=O) groups is 1. The van der Waals surface area contributed by atoms with Gasteiger partial charge in [-0.05, 0) is 50.6 Å². The molecular formula is C15H21ClN2O2. The van der Waals surface area contributed by atoms with Crippen molar-refractivity contribution in [3.63, 3.8) is 0 Å². The highest BCUT2D eigenvalue weighted by molar-refractivity contribution is 6.30. The summed E-state index contributed by atoms with van der Waals surface area (Å²) in [5.41, 5.74) is 0.993. The molecule has 2 rings (SSSR count). The van der Waals surface area contributed by atoms with Gasteiger partial charge in [0.2, 0.25) is 5.91 Å². The third kappa shape index (κ3) is 4.78. The predicted molar refractivity (Wildman–Crippen MR) is 79.9 cm³/mol. The van der Waals surface area contributed by atoms with Gasteiger partial charge >= 0.3 is 0 Å². The van der Waals surface area contributed by atoms with Crippen molar-refractivity contribution < 1.29 is 9.53 Å². The van der Waals surface area contributed by atoms with E-state index >= 15 is 0 Å². The molecular weight excluding hydrogens is 276 g/mol. The molecule has 0 radical (unpaired) electrons. The number of benzene rings is 1. The number of piperidine rings is 1. The van der Waals surface area contributed by atoms with Crippen LogP contribution in [0.25, 0.3) is 0 Å². The Hall–Kier alpha value is -1.10. The van der Waals surface area contributed by atoms with Gasteiger partial charge in [-0.2, -0.15) is 0 Å². The molecule has 0 aliphatic carbocycles. The average Bonchev–Trinajstić information content (AvgIpc) is 2.46. The zero-order valence-electron chi connectivity index (χ0n) is 11.7. The maximum absolute atomic E-state index is 11.9. The van der Waals surface area contributed by atoms with Gasteiger partial charge in [-0.1, -0.05) is 23.7 Å². The van der Waals surface area contributed by atoms with Crippen LogP contribution in [-0.2, 0) is 9.53 Å². The number of ether oxygens (including phenoxy) is 1. The molecule has 1 aromatic carbocycles. The molecule has 0 bridgehead atoms. The number of halogens is 1. The van der Waals surface area contributed by atoms with Gasteiger partial charge in [-0.3, -0.25) is 4.79 Å². The first kappa shape index (κ1) is 15.3. The Kier molecular flexibility index (Phi) is 5.83. The van der Waals surface area contributed by atoms with Crippen molar-refractivity contribution in [2.24, 2.45) is 0 Å². The number of hydrogen-bond acceptors (Lipinski definition) is 3. The summed E-state index contributed by atoms with van der Waals surface area (Å²) >= 11 is 5.94. The maximum atomic E-state index is 11.9. The lowest BCUT2D eigenvalue weighted by Gasteiger charge is -2.23. The van der Waals surface area contributed by atoms with Gasteiger partial charge in [0.15, 0.2) is 0 Å². The summed E-state index contributed by atoms with van der Waals surface area (Å²) in [4.78, 5) is 11.9. The highest BCUT2D eigenvalue weighted by Crippen LogP contribution is 2.17. The monoisotopic (exact) mass is 296 g/mol. The molecule has 2 N–H and O–H groups in total. The SMILES string of the molecule is CC(NC(=O)COC1CCNCC1)c1cccc(Cl)c1. The van der Waals surface area contributed by atoms with E-state index in [1.54, 1.807) is 0 Å². The minimum absolute atomic E-state index is 0.0715. The topological polar surface area (TPSA) is 50.4 Å². The fraction of sp³-hybridized carbons (Fsp3) is 0.533. The fourth-order valence-electron chi connectivity index (χ4n) is 2.30. The normalized spacial score (nSPS) is 17.7. The van der Waals surface area contributed by atoms with E-state index in [1.807, 2.05) is 31.2 Å². The summed E-state index contributed by atoms with van der Waals surface area (Å²) < 4.78 is 5.63. The Labute approximate surface area is 124 Å². The van der Waals surface area contributed by atoms with Gasteiger partial charge in [0.25, 0.3) is 0 Å². The van der Waals surface area contributed by atoms with Gasteiger partial charge in [0.1, 0.15) is 6.61 Å². The van der Waals surface area contributed by atoms with Crippen molar-refractivity contribution in [3.05, 3.63) is 34.9 Å². The van der Waals surface area contributed by atoms with Crippen LogP contribution in [0.3, 0.4) is 0 Å². The molecule has 110 valence electrons. The molecule has 1 saturated heterocycles. The summed E-state index contributed by atoms with van der Waals surface area (Å²) in [5.74, 6) is -0.0870. The van der Waals surface area contributed by atoms with E-state index in [1.165, 1.54) is 0 Å². The zero-order valence-corrected chi connectivity index (χ0v) is 12.5. The predicted octanol–water partition coefficient (Wildman–Crippen LogP) is 2.29. The fourth-order valence-corrected chi connectivity index (χ4v) is 2.50. The van der Waals surface area contributed by atoms with Crippen LogP contribution in [0.5, 0.6) is 0 Å². The summed E-state index contributed by atoms with van der Waals surface area (Å²) in [6, 6.07) is 7.44. The van der Waals surface area contributed by atoms with Gasteiger partial charge < -0.3 is 15.4 Å². The average molecular weight is 297 g/mol. The van der Waals surface area contributed by atoms with Gasteiger partial charge in [-0.25, -0.2) is 0 Å². The molecule has 1 amide bonds. The number of carbonyl (C=O) groups excluding carboxylic acids is 1. The maximum Gasteiger partial charge on any atom is 0.246 e. The minimum Gasteiger partial charge on any atom is -0.368 e.